The third-order valence-electron chi connectivity index (χ3n) is 5.38. The molecule has 0 spiro atoms. The van der Waals surface area contributed by atoms with E-state index in [0.717, 1.165) is 27.2 Å². The van der Waals surface area contributed by atoms with Gasteiger partial charge in [0, 0.05) is 13.1 Å². The van der Waals surface area contributed by atoms with Crippen LogP contribution in [0.2, 0.25) is 0 Å². The van der Waals surface area contributed by atoms with Gasteiger partial charge in [-0.05, 0) is 58.1 Å². The Kier molecular flexibility index (Phi) is 8.68. The first-order valence-electron chi connectivity index (χ1n) is 10.9. The van der Waals surface area contributed by atoms with Crippen molar-refractivity contribution in [2.75, 3.05) is 19.7 Å². The monoisotopic (exact) mass is 496 g/mol. The van der Waals surface area contributed by atoms with Gasteiger partial charge in [-0.2, -0.15) is 0 Å². The molecule has 3 aromatic carbocycles. The highest BCUT2D eigenvalue weighted by Gasteiger charge is 2.26. The van der Waals surface area contributed by atoms with Gasteiger partial charge in [0.05, 0.1) is 4.47 Å². The fraction of sp³-hybridized carbons (Fsp3) is 0.308. The zero-order valence-electron chi connectivity index (χ0n) is 18.5. The minimum Gasteiger partial charge on any atom is -0.483 e. The van der Waals surface area contributed by atoms with E-state index in [1.54, 1.807) is 11.8 Å². The standard InChI is InChI=1S/C26H29BrN2O3/c1-3-16-28-26(31)19(2)29(17-15-20-9-5-4-6-10-20)24(30)18-32-23-14-13-21-11-7-8-12-22(21)25(23)27/h4-14,19H,3,15-18H2,1-2H3,(H,28,31)/t19-/m1/s1. The van der Waals surface area contributed by atoms with Crippen molar-refractivity contribution in [3.63, 3.8) is 0 Å². The van der Waals surface area contributed by atoms with Gasteiger partial charge in [0.1, 0.15) is 11.8 Å². The zero-order valence-corrected chi connectivity index (χ0v) is 20.1. The number of rotatable bonds is 10. The molecule has 5 nitrogen and oxygen atoms in total. The van der Waals surface area contributed by atoms with E-state index in [4.69, 9.17) is 4.74 Å². The smallest absolute Gasteiger partial charge is 0.261 e. The highest BCUT2D eigenvalue weighted by molar-refractivity contribution is 9.10. The molecule has 0 radical (unpaired) electrons. The molecule has 1 N–H and O–H groups in total. The first-order chi connectivity index (χ1) is 15.5. The van der Waals surface area contributed by atoms with Crippen LogP contribution in [0.1, 0.15) is 25.8 Å². The van der Waals surface area contributed by atoms with Crippen LogP contribution in [0.5, 0.6) is 5.75 Å². The van der Waals surface area contributed by atoms with Crippen molar-refractivity contribution in [3.8, 4) is 5.75 Å². The van der Waals surface area contributed by atoms with Crippen LogP contribution in [0.4, 0.5) is 0 Å². The molecule has 2 amide bonds. The number of ether oxygens (including phenoxy) is 1. The summed E-state index contributed by atoms with van der Waals surface area (Å²) in [5, 5.41) is 4.99. The van der Waals surface area contributed by atoms with Crippen LogP contribution in [0.3, 0.4) is 0 Å². The normalized spacial score (nSPS) is 11.7. The number of benzene rings is 3. The van der Waals surface area contributed by atoms with E-state index >= 15 is 0 Å². The van der Waals surface area contributed by atoms with Gasteiger partial charge in [-0.15, -0.1) is 0 Å². The van der Waals surface area contributed by atoms with E-state index in [9.17, 15) is 9.59 Å². The summed E-state index contributed by atoms with van der Waals surface area (Å²) in [5.74, 6) is 0.225. The third-order valence-corrected chi connectivity index (χ3v) is 6.20. The maximum atomic E-state index is 13.1. The Morgan fingerprint density at radius 1 is 1.03 bits per heavy atom. The minimum atomic E-state index is -0.582. The number of nitrogens with zero attached hydrogens (tertiary/aromatic N) is 1. The Bertz CT molecular complexity index is 1060. The van der Waals surface area contributed by atoms with E-state index in [-0.39, 0.29) is 18.4 Å². The van der Waals surface area contributed by atoms with Crippen molar-refractivity contribution >= 4 is 38.5 Å². The number of nitrogens with one attached hydrogen (secondary N) is 1. The molecule has 0 unspecified atom stereocenters. The maximum Gasteiger partial charge on any atom is 0.261 e. The predicted molar refractivity (Wildman–Crippen MR) is 132 cm³/mol. The molecule has 32 heavy (non-hydrogen) atoms. The lowest BCUT2D eigenvalue weighted by molar-refractivity contribution is -0.141. The molecule has 0 saturated carbocycles. The van der Waals surface area contributed by atoms with Gasteiger partial charge in [0.15, 0.2) is 6.61 Å². The molecule has 1 atom stereocenters. The number of amides is 2. The summed E-state index contributed by atoms with van der Waals surface area (Å²) in [5.41, 5.74) is 1.12. The minimum absolute atomic E-state index is 0.142. The Balaban J connectivity index is 1.72. The fourth-order valence-corrected chi connectivity index (χ4v) is 4.12. The fourth-order valence-electron chi connectivity index (χ4n) is 3.51. The first-order valence-corrected chi connectivity index (χ1v) is 11.7. The third kappa shape index (κ3) is 6.10. The number of carbonyl (C=O) groups is 2. The van der Waals surface area contributed by atoms with Crippen LogP contribution in [0.15, 0.2) is 71.2 Å². The van der Waals surface area contributed by atoms with E-state index < -0.39 is 6.04 Å². The van der Waals surface area contributed by atoms with Gasteiger partial charge < -0.3 is 15.0 Å². The summed E-state index contributed by atoms with van der Waals surface area (Å²) < 4.78 is 6.69. The van der Waals surface area contributed by atoms with Gasteiger partial charge in [0.2, 0.25) is 5.91 Å². The Hall–Kier alpha value is -2.86. The van der Waals surface area contributed by atoms with Crippen molar-refractivity contribution in [2.45, 2.75) is 32.7 Å². The average molecular weight is 497 g/mol. The number of fused-ring (bicyclic) bond motifs is 1. The summed E-state index contributed by atoms with van der Waals surface area (Å²) in [6, 6.07) is 21.2. The van der Waals surface area contributed by atoms with Crippen molar-refractivity contribution in [2.24, 2.45) is 0 Å². The van der Waals surface area contributed by atoms with E-state index in [0.29, 0.717) is 25.3 Å². The topological polar surface area (TPSA) is 58.6 Å². The van der Waals surface area contributed by atoms with Crippen molar-refractivity contribution < 1.29 is 14.3 Å². The first kappa shape index (κ1) is 23.8. The molecule has 0 aliphatic carbocycles. The number of halogens is 1. The number of hydrogen-bond acceptors (Lipinski definition) is 3. The summed E-state index contributed by atoms with van der Waals surface area (Å²) >= 11 is 3.60. The van der Waals surface area contributed by atoms with Crippen molar-refractivity contribution in [1.29, 1.82) is 0 Å². The van der Waals surface area contributed by atoms with Crippen LogP contribution in [0.25, 0.3) is 10.8 Å². The second-order valence-electron chi connectivity index (χ2n) is 7.68. The molecule has 0 saturated heterocycles. The lowest BCUT2D eigenvalue weighted by Crippen LogP contribution is -2.50. The molecule has 0 bridgehead atoms. The zero-order chi connectivity index (χ0) is 22.9. The summed E-state index contributed by atoms with van der Waals surface area (Å²) in [4.78, 5) is 27.3. The summed E-state index contributed by atoms with van der Waals surface area (Å²) in [6.07, 6.45) is 1.51. The summed E-state index contributed by atoms with van der Waals surface area (Å²) in [7, 11) is 0. The van der Waals surface area contributed by atoms with Gasteiger partial charge in [-0.3, -0.25) is 9.59 Å². The lowest BCUT2D eigenvalue weighted by atomic mass is 10.1. The molecule has 0 aliphatic rings. The molecule has 3 rings (SSSR count). The van der Waals surface area contributed by atoms with Crippen LogP contribution in [-0.4, -0.2) is 42.5 Å². The SMILES string of the molecule is CCCNC(=O)[C@@H](C)N(CCc1ccccc1)C(=O)COc1ccc2ccccc2c1Br. The molecule has 0 heterocycles. The lowest BCUT2D eigenvalue weighted by Gasteiger charge is -2.28. The quantitative estimate of drug-likeness (QED) is 0.431. The van der Waals surface area contributed by atoms with E-state index in [1.165, 1.54) is 0 Å². The van der Waals surface area contributed by atoms with E-state index in [2.05, 4.69) is 21.2 Å². The highest BCUT2D eigenvalue weighted by Crippen LogP contribution is 2.33. The van der Waals surface area contributed by atoms with Gasteiger partial charge in [-0.1, -0.05) is 67.6 Å². The summed E-state index contributed by atoms with van der Waals surface area (Å²) in [6.45, 7) is 4.64. The Morgan fingerprint density at radius 2 is 1.75 bits per heavy atom. The second-order valence-corrected chi connectivity index (χ2v) is 8.47. The predicted octanol–water partition coefficient (Wildman–Crippen LogP) is 4.97. The molecular formula is C26H29BrN2O3. The maximum absolute atomic E-state index is 13.1. The Labute approximate surface area is 197 Å². The molecule has 168 valence electrons. The molecule has 3 aromatic rings. The molecule has 0 fully saturated rings. The largest absolute Gasteiger partial charge is 0.483 e. The average Bonchev–Trinajstić information content (AvgIpc) is 2.82. The molecule has 0 aromatic heterocycles. The molecule has 6 heteroatoms. The van der Waals surface area contributed by atoms with Crippen LogP contribution >= 0.6 is 15.9 Å². The molecular weight excluding hydrogens is 468 g/mol. The van der Waals surface area contributed by atoms with Gasteiger partial charge in [0.25, 0.3) is 5.91 Å². The van der Waals surface area contributed by atoms with E-state index in [1.807, 2.05) is 73.7 Å². The van der Waals surface area contributed by atoms with Crippen LogP contribution < -0.4 is 10.1 Å². The van der Waals surface area contributed by atoms with Crippen molar-refractivity contribution in [1.82, 2.24) is 10.2 Å². The second kappa shape index (κ2) is 11.7. The van der Waals surface area contributed by atoms with Gasteiger partial charge >= 0.3 is 0 Å². The molecule has 0 aliphatic heterocycles. The van der Waals surface area contributed by atoms with Crippen molar-refractivity contribution in [3.05, 3.63) is 76.8 Å². The number of carbonyl (C=O) groups excluding carboxylic acids is 2. The van der Waals surface area contributed by atoms with Crippen LogP contribution in [0, 0.1) is 0 Å². The number of hydrogen-bond donors (Lipinski definition) is 1. The Morgan fingerprint density at radius 3 is 2.50 bits per heavy atom. The van der Waals surface area contributed by atoms with Gasteiger partial charge in [-0.25, -0.2) is 0 Å². The highest BCUT2D eigenvalue weighted by atomic mass is 79.9. The van der Waals surface area contributed by atoms with Crippen LogP contribution in [-0.2, 0) is 16.0 Å².